The fraction of sp³-hybridized carbons (Fsp3) is 0.333. The van der Waals surface area contributed by atoms with E-state index in [1.54, 1.807) is 6.92 Å². The predicted molar refractivity (Wildman–Crippen MR) is 66.0 cm³/mol. The number of hydrogen-bond acceptors (Lipinski definition) is 4. The van der Waals surface area contributed by atoms with Crippen LogP contribution in [-0.4, -0.2) is 30.1 Å². The molecule has 7 heteroatoms. The Morgan fingerprint density at radius 3 is 2.84 bits per heavy atom. The second-order valence-corrected chi connectivity index (χ2v) is 4.06. The molecule has 1 aromatic rings. The molecule has 2 atom stereocenters. The van der Waals surface area contributed by atoms with E-state index in [1.807, 2.05) is 0 Å². The average Bonchev–Trinajstić information content (AvgIpc) is 2.35. The number of aliphatic hydroxyl groups excluding tert-OH is 1. The Kier molecular flexibility index (Phi) is 5.72. The van der Waals surface area contributed by atoms with E-state index in [2.05, 4.69) is 5.32 Å². The molecule has 0 aliphatic carbocycles. The fourth-order valence-electron chi connectivity index (χ4n) is 1.51. The molecule has 0 bridgehead atoms. The van der Waals surface area contributed by atoms with Crippen molar-refractivity contribution in [3.8, 4) is 0 Å². The third kappa shape index (κ3) is 3.90. The summed E-state index contributed by atoms with van der Waals surface area (Å²) in [6.45, 7) is 1.65. The van der Waals surface area contributed by atoms with Gasteiger partial charge in [0.2, 0.25) is 6.41 Å². The van der Waals surface area contributed by atoms with Gasteiger partial charge in [-0.15, -0.1) is 0 Å². The lowest BCUT2D eigenvalue weighted by molar-refractivity contribution is -0.149. The summed E-state index contributed by atoms with van der Waals surface area (Å²) >= 11 is 5.59. The van der Waals surface area contributed by atoms with Crippen molar-refractivity contribution in [2.75, 3.05) is 6.61 Å². The highest BCUT2D eigenvalue weighted by molar-refractivity contribution is 6.30. The Hall–Kier alpha value is -1.66. The number of benzene rings is 1. The first-order chi connectivity index (χ1) is 9.01. The van der Waals surface area contributed by atoms with Crippen molar-refractivity contribution in [1.82, 2.24) is 5.32 Å². The second kappa shape index (κ2) is 7.06. The van der Waals surface area contributed by atoms with E-state index in [4.69, 9.17) is 16.3 Å². The molecule has 19 heavy (non-hydrogen) atoms. The number of ether oxygens (including phenoxy) is 1. The van der Waals surface area contributed by atoms with Gasteiger partial charge in [-0.1, -0.05) is 17.7 Å². The minimum absolute atomic E-state index is 0.0751. The molecular formula is C12H13ClFNO4. The summed E-state index contributed by atoms with van der Waals surface area (Å²) in [4.78, 5) is 22.0. The fourth-order valence-corrected chi connectivity index (χ4v) is 1.67. The van der Waals surface area contributed by atoms with Crippen LogP contribution in [0.15, 0.2) is 18.2 Å². The van der Waals surface area contributed by atoms with E-state index in [9.17, 15) is 19.1 Å². The third-order valence-corrected chi connectivity index (χ3v) is 2.62. The van der Waals surface area contributed by atoms with Crippen LogP contribution in [0.4, 0.5) is 4.39 Å². The summed E-state index contributed by atoms with van der Waals surface area (Å²) in [6, 6.07) is 2.23. The van der Waals surface area contributed by atoms with E-state index in [0.29, 0.717) is 0 Å². The monoisotopic (exact) mass is 289 g/mol. The molecule has 0 spiro atoms. The summed E-state index contributed by atoms with van der Waals surface area (Å²) in [5.74, 6) is -1.63. The van der Waals surface area contributed by atoms with E-state index >= 15 is 0 Å². The maximum atomic E-state index is 13.6. The minimum Gasteiger partial charge on any atom is -0.464 e. The number of aliphatic hydroxyl groups is 1. The minimum atomic E-state index is -1.57. The Labute approximate surface area is 114 Å². The van der Waals surface area contributed by atoms with E-state index < -0.39 is 23.9 Å². The zero-order valence-electron chi connectivity index (χ0n) is 10.1. The number of amides is 1. The lowest BCUT2D eigenvalue weighted by Crippen LogP contribution is -2.42. The van der Waals surface area contributed by atoms with Gasteiger partial charge in [0.25, 0.3) is 0 Å². The first kappa shape index (κ1) is 15.4. The number of rotatable bonds is 6. The molecule has 1 amide bonds. The van der Waals surface area contributed by atoms with Crippen molar-refractivity contribution in [3.05, 3.63) is 34.6 Å². The lowest BCUT2D eigenvalue weighted by Gasteiger charge is -2.21. The van der Waals surface area contributed by atoms with Crippen molar-refractivity contribution in [2.45, 2.75) is 19.1 Å². The highest BCUT2D eigenvalue weighted by Gasteiger charge is 2.30. The molecule has 0 aromatic heterocycles. The van der Waals surface area contributed by atoms with Gasteiger partial charge in [0.05, 0.1) is 6.61 Å². The first-order valence-corrected chi connectivity index (χ1v) is 5.88. The zero-order chi connectivity index (χ0) is 14.4. The summed E-state index contributed by atoms with van der Waals surface area (Å²) in [5, 5.41) is 12.2. The molecule has 2 N–H and O–H groups in total. The smallest absolute Gasteiger partial charge is 0.331 e. The predicted octanol–water partition coefficient (Wildman–Crippen LogP) is 1.19. The molecule has 104 valence electrons. The summed E-state index contributed by atoms with van der Waals surface area (Å²) in [6.07, 6.45) is -1.33. The van der Waals surface area contributed by atoms with Gasteiger partial charge >= 0.3 is 5.97 Å². The van der Waals surface area contributed by atoms with Crippen LogP contribution >= 0.6 is 11.6 Å². The molecular weight excluding hydrogens is 277 g/mol. The standard InChI is InChI=1S/C12H13ClFNO4/c1-2-19-12(18)10(15-6-16)11(17)8-4-3-7(13)5-9(8)14/h3-6,10-11,17H,2H2,1H3,(H,15,16). The molecule has 0 fully saturated rings. The highest BCUT2D eigenvalue weighted by atomic mass is 35.5. The van der Waals surface area contributed by atoms with Gasteiger partial charge in [-0.25, -0.2) is 9.18 Å². The maximum absolute atomic E-state index is 13.6. The van der Waals surface area contributed by atoms with Gasteiger partial charge < -0.3 is 15.2 Å². The van der Waals surface area contributed by atoms with E-state index in [1.165, 1.54) is 12.1 Å². The Balaban J connectivity index is 3.01. The zero-order valence-corrected chi connectivity index (χ0v) is 10.9. The van der Waals surface area contributed by atoms with Crippen LogP contribution in [0.5, 0.6) is 0 Å². The highest BCUT2D eigenvalue weighted by Crippen LogP contribution is 2.23. The molecule has 0 heterocycles. The van der Waals surface area contributed by atoms with Crippen LogP contribution < -0.4 is 5.32 Å². The molecule has 1 rings (SSSR count). The van der Waals surface area contributed by atoms with Crippen molar-refractivity contribution >= 4 is 24.0 Å². The van der Waals surface area contributed by atoms with Crippen LogP contribution in [-0.2, 0) is 14.3 Å². The Bertz CT molecular complexity index is 469. The molecule has 0 aliphatic heterocycles. The maximum Gasteiger partial charge on any atom is 0.331 e. The molecule has 0 radical (unpaired) electrons. The second-order valence-electron chi connectivity index (χ2n) is 3.62. The largest absolute Gasteiger partial charge is 0.464 e. The number of esters is 1. The quantitative estimate of drug-likeness (QED) is 0.609. The van der Waals surface area contributed by atoms with Gasteiger partial charge in [-0.3, -0.25) is 4.79 Å². The number of hydrogen-bond donors (Lipinski definition) is 2. The lowest BCUT2D eigenvalue weighted by atomic mass is 10.0. The SMILES string of the molecule is CCOC(=O)C(NC=O)C(O)c1ccc(Cl)cc1F. The number of halogens is 2. The molecule has 5 nitrogen and oxygen atoms in total. The molecule has 0 aliphatic rings. The molecule has 0 saturated carbocycles. The molecule has 2 unspecified atom stereocenters. The van der Waals surface area contributed by atoms with Crippen molar-refractivity contribution in [2.24, 2.45) is 0 Å². The van der Waals surface area contributed by atoms with Crippen LogP contribution in [0.2, 0.25) is 5.02 Å². The summed E-state index contributed by atoms with van der Waals surface area (Å²) < 4.78 is 18.3. The van der Waals surface area contributed by atoms with E-state index in [0.717, 1.165) is 6.07 Å². The summed E-state index contributed by atoms with van der Waals surface area (Å²) in [5.41, 5.74) is -0.156. The van der Waals surface area contributed by atoms with Crippen LogP contribution in [0.1, 0.15) is 18.6 Å². The van der Waals surface area contributed by atoms with Crippen LogP contribution in [0.3, 0.4) is 0 Å². The van der Waals surface area contributed by atoms with Gasteiger partial charge in [0, 0.05) is 10.6 Å². The first-order valence-electron chi connectivity index (χ1n) is 5.50. The number of carbonyl (C=O) groups excluding carboxylic acids is 2. The average molecular weight is 290 g/mol. The van der Waals surface area contributed by atoms with Crippen molar-refractivity contribution in [1.29, 1.82) is 0 Å². The van der Waals surface area contributed by atoms with Gasteiger partial charge in [0.1, 0.15) is 11.9 Å². The van der Waals surface area contributed by atoms with Gasteiger partial charge in [-0.05, 0) is 19.1 Å². The molecule has 0 saturated heterocycles. The Morgan fingerprint density at radius 2 is 2.32 bits per heavy atom. The van der Waals surface area contributed by atoms with Gasteiger partial charge in [0.15, 0.2) is 6.04 Å². The van der Waals surface area contributed by atoms with Crippen LogP contribution in [0, 0.1) is 5.82 Å². The van der Waals surface area contributed by atoms with E-state index in [-0.39, 0.29) is 23.6 Å². The van der Waals surface area contributed by atoms with Crippen molar-refractivity contribution in [3.63, 3.8) is 0 Å². The van der Waals surface area contributed by atoms with Crippen LogP contribution in [0.25, 0.3) is 0 Å². The Morgan fingerprint density at radius 1 is 1.63 bits per heavy atom. The summed E-state index contributed by atoms with van der Waals surface area (Å²) in [7, 11) is 0. The normalized spacial score (nSPS) is 13.5. The number of nitrogens with one attached hydrogen (secondary N) is 1. The third-order valence-electron chi connectivity index (χ3n) is 2.39. The molecule has 1 aromatic carbocycles. The van der Waals surface area contributed by atoms with Crippen molar-refractivity contribution < 1.29 is 23.8 Å². The number of carbonyl (C=O) groups is 2. The van der Waals surface area contributed by atoms with Gasteiger partial charge in [-0.2, -0.15) is 0 Å². The topological polar surface area (TPSA) is 75.6 Å².